The Morgan fingerprint density at radius 2 is 1.75 bits per heavy atom. The molecule has 0 saturated carbocycles. The Labute approximate surface area is 209 Å². The summed E-state index contributed by atoms with van der Waals surface area (Å²) in [6, 6.07) is 18.1. The van der Waals surface area contributed by atoms with Crippen LogP contribution >= 0.6 is 11.8 Å². The quantitative estimate of drug-likeness (QED) is 0.233. The van der Waals surface area contributed by atoms with Crippen molar-refractivity contribution in [2.45, 2.75) is 18.2 Å². The molecule has 0 aliphatic heterocycles. The largest absolute Gasteiger partial charge is 0.497 e. The number of thioether (sulfide) groups is 1. The van der Waals surface area contributed by atoms with Gasteiger partial charge in [-0.1, -0.05) is 36.0 Å². The third-order valence-electron chi connectivity index (χ3n) is 5.03. The van der Waals surface area contributed by atoms with Gasteiger partial charge in [-0.15, -0.1) is 10.2 Å². The Bertz CT molecular complexity index is 1370. The molecule has 0 aliphatic rings. The summed E-state index contributed by atoms with van der Waals surface area (Å²) in [6.45, 7) is 1.82. The first kappa shape index (κ1) is 25.1. The van der Waals surface area contributed by atoms with Crippen molar-refractivity contribution in [3.05, 3.63) is 90.0 Å². The fourth-order valence-electron chi connectivity index (χ4n) is 3.33. The molecule has 1 atom stereocenters. The molecule has 0 aliphatic carbocycles. The molecule has 1 unspecified atom stereocenters. The summed E-state index contributed by atoms with van der Waals surface area (Å²) in [7, 11) is 1.56. The summed E-state index contributed by atoms with van der Waals surface area (Å²) >= 11 is 1.04. The van der Waals surface area contributed by atoms with E-state index in [1.165, 1.54) is 0 Å². The van der Waals surface area contributed by atoms with E-state index >= 15 is 0 Å². The van der Waals surface area contributed by atoms with Crippen molar-refractivity contribution in [1.82, 2.24) is 14.8 Å². The number of carbonyl (C=O) groups is 1. The number of para-hydroxylation sites is 1. The first-order valence-corrected chi connectivity index (χ1v) is 11.7. The van der Waals surface area contributed by atoms with Gasteiger partial charge >= 0.3 is 0 Å². The number of nitrogens with zero attached hydrogens (tertiary/aromatic N) is 3. The van der Waals surface area contributed by atoms with Crippen molar-refractivity contribution in [3.63, 3.8) is 0 Å². The minimum atomic E-state index is -1.65. The van der Waals surface area contributed by atoms with Crippen molar-refractivity contribution < 1.29 is 27.4 Å². The van der Waals surface area contributed by atoms with E-state index < -0.39 is 35.2 Å². The van der Waals surface area contributed by atoms with Crippen LogP contribution in [0.15, 0.2) is 71.9 Å². The summed E-state index contributed by atoms with van der Waals surface area (Å²) in [4.78, 5) is 12.4. The van der Waals surface area contributed by atoms with Crippen LogP contribution in [0, 0.1) is 17.5 Å². The van der Waals surface area contributed by atoms with Gasteiger partial charge in [0.15, 0.2) is 34.5 Å². The number of anilines is 1. The van der Waals surface area contributed by atoms with Gasteiger partial charge in [-0.05, 0) is 43.3 Å². The van der Waals surface area contributed by atoms with Gasteiger partial charge in [0.2, 0.25) is 5.91 Å². The third-order valence-corrected chi connectivity index (χ3v) is 5.96. The molecule has 3 aromatic carbocycles. The minimum absolute atomic E-state index is 0.186. The second kappa shape index (κ2) is 11.2. The zero-order valence-electron chi connectivity index (χ0n) is 19.2. The number of rotatable bonds is 9. The number of halogens is 3. The summed E-state index contributed by atoms with van der Waals surface area (Å²) < 4.78 is 53.6. The van der Waals surface area contributed by atoms with Crippen LogP contribution in [-0.4, -0.2) is 33.5 Å². The normalized spacial score (nSPS) is 11.7. The van der Waals surface area contributed by atoms with E-state index in [-0.39, 0.29) is 5.75 Å². The fraction of sp³-hybridized carbons (Fsp3) is 0.160. The lowest BCUT2D eigenvalue weighted by atomic mass is 10.3. The predicted molar refractivity (Wildman–Crippen MR) is 129 cm³/mol. The van der Waals surface area contributed by atoms with Crippen LogP contribution in [0.25, 0.3) is 5.69 Å². The number of ether oxygens (including phenoxy) is 2. The second-order valence-corrected chi connectivity index (χ2v) is 8.45. The van der Waals surface area contributed by atoms with Crippen molar-refractivity contribution in [3.8, 4) is 17.2 Å². The van der Waals surface area contributed by atoms with Gasteiger partial charge in [-0.25, -0.2) is 13.2 Å². The average molecular weight is 515 g/mol. The Kier molecular flexibility index (Phi) is 7.79. The predicted octanol–water partition coefficient (Wildman–Crippen LogP) is 5.56. The number of benzene rings is 3. The first-order valence-electron chi connectivity index (χ1n) is 10.7. The van der Waals surface area contributed by atoms with E-state index in [9.17, 15) is 18.0 Å². The Morgan fingerprint density at radius 1 is 1.00 bits per heavy atom. The van der Waals surface area contributed by atoms with Crippen LogP contribution in [0.4, 0.5) is 18.9 Å². The number of nitrogens with one attached hydrogen (secondary N) is 1. The molecule has 1 N–H and O–H groups in total. The molecule has 4 rings (SSSR count). The van der Waals surface area contributed by atoms with Crippen LogP contribution in [0.2, 0.25) is 0 Å². The molecule has 1 amide bonds. The van der Waals surface area contributed by atoms with E-state index in [4.69, 9.17) is 9.47 Å². The number of hydrogen-bond acceptors (Lipinski definition) is 6. The van der Waals surface area contributed by atoms with E-state index in [0.29, 0.717) is 22.5 Å². The van der Waals surface area contributed by atoms with Crippen LogP contribution < -0.4 is 14.8 Å². The molecular weight excluding hydrogens is 493 g/mol. The molecule has 1 heterocycles. The standard InChI is InChI=1S/C25H21F3N4O3S/c1-15(35-18-10-6-9-17(13-18)34-2)24-30-31-25(32(24)16-7-4-3-5-8-16)36-14-21(33)29-20-12-11-19(26)22(27)23(20)28/h3-13,15H,14H2,1-2H3,(H,29,33). The van der Waals surface area contributed by atoms with Crippen molar-refractivity contribution >= 4 is 23.4 Å². The summed E-state index contributed by atoms with van der Waals surface area (Å²) in [5.74, 6) is -3.57. The lowest BCUT2D eigenvalue weighted by Gasteiger charge is -2.17. The molecule has 36 heavy (non-hydrogen) atoms. The van der Waals surface area contributed by atoms with Gasteiger partial charge in [0.1, 0.15) is 11.5 Å². The maximum absolute atomic E-state index is 13.9. The lowest BCUT2D eigenvalue weighted by molar-refractivity contribution is -0.113. The number of methoxy groups -OCH3 is 1. The van der Waals surface area contributed by atoms with Crippen molar-refractivity contribution in [2.24, 2.45) is 0 Å². The molecule has 0 bridgehead atoms. The zero-order valence-corrected chi connectivity index (χ0v) is 20.1. The van der Waals surface area contributed by atoms with Crippen LogP contribution in [0.5, 0.6) is 11.5 Å². The zero-order chi connectivity index (χ0) is 25.7. The molecule has 0 spiro atoms. The summed E-state index contributed by atoms with van der Waals surface area (Å²) in [6.07, 6.45) is -0.524. The first-order chi connectivity index (χ1) is 17.4. The van der Waals surface area contributed by atoms with Gasteiger partial charge in [-0.3, -0.25) is 9.36 Å². The fourth-order valence-corrected chi connectivity index (χ4v) is 4.09. The highest BCUT2D eigenvalue weighted by atomic mass is 32.2. The topological polar surface area (TPSA) is 78.3 Å². The summed E-state index contributed by atoms with van der Waals surface area (Å²) in [5.41, 5.74) is 0.290. The Balaban J connectivity index is 1.54. The van der Waals surface area contributed by atoms with Crippen molar-refractivity contribution in [2.75, 3.05) is 18.2 Å². The molecule has 4 aromatic rings. The Morgan fingerprint density at radius 3 is 2.50 bits per heavy atom. The summed E-state index contributed by atoms with van der Waals surface area (Å²) in [5, 5.41) is 11.1. The number of amides is 1. The van der Waals surface area contributed by atoms with E-state index in [2.05, 4.69) is 15.5 Å². The number of aromatic nitrogens is 3. The van der Waals surface area contributed by atoms with Crippen LogP contribution in [-0.2, 0) is 4.79 Å². The van der Waals surface area contributed by atoms with Crippen molar-refractivity contribution in [1.29, 1.82) is 0 Å². The van der Waals surface area contributed by atoms with Gasteiger partial charge in [0.05, 0.1) is 18.6 Å². The molecule has 0 radical (unpaired) electrons. The smallest absolute Gasteiger partial charge is 0.234 e. The van der Waals surface area contributed by atoms with Crippen LogP contribution in [0.1, 0.15) is 18.9 Å². The molecule has 11 heteroatoms. The van der Waals surface area contributed by atoms with Crippen LogP contribution in [0.3, 0.4) is 0 Å². The third kappa shape index (κ3) is 5.62. The maximum atomic E-state index is 13.9. The molecule has 7 nitrogen and oxygen atoms in total. The Hall–Kier alpha value is -3.99. The SMILES string of the molecule is COc1cccc(OC(C)c2nnc(SCC(=O)Nc3ccc(F)c(F)c3F)n2-c2ccccc2)c1. The molecule has 1 aromatic heterocycles. The van der Waals surface area contributed by atoms with Gasteiger partial charge in [0.25, 0.3) is 0 Å². The molecule has 186 valence electrons. The van der Waals surface area contributed by atoms with E-state index in [0.717, 1.165) is 29.6 Å². The maximum Gasteiger partial charge on any atom is 0.234 e. The number of hydrogen-bond donors (Lipinski definition) is 1. The highest BCUT2D eigenvalue weighted by Gasteiger charge is 2.22. The molecule has 0 fully saturated rings. The number of carbonyl (C=O) groups excluding carboxylic acids is 1. The van der Waals surface area contributed by atoms with E-state index in [1.807, 2.05) is 37.3 Å². The monoisotopic (exact) mass is 514 g/mol. The van der Waals surface area contributed by atoms with Gasteiger partial charge in [0, 0.05) is 11.8 Å². The van der Waals surface area contributed by atoms with Gasteiger partial charge in [-0.2, -0.15) is 0 Å². The van der Waals surface area contributed by atoms with E-state index in [1.54, 1.807) is 35.9 Å². The minimum Gasteiger partial charge on any atom is -0.497 e. The highest BCUT2D eigenvalue weighted by Crippen LogP contribution is 2.29. The highest BCUT2D eigenvalue weighted by molar-refractivity contribution is 7.99. The lowest BCUT2D eigenvalue weighted by Crippen LogP contribution is -2.16. The molecular formula is C25H21F3N4O3S. The van der Waals surface area contributed by atoms with Gasteiger partial charge < -0.3 is 14.8 Å². The second-order valence-electron chi connectivity index (χ2n) is 7.51. The molecule has 0 saturated heterocycles. The average Bonchev–Trinajstić information content (AvgIpc) is 3.32.